The molecule has 0 saturated heterocycles. The maximum absolute atomic E-state index is 12.1. The zero-order valence-corrected chi connectivity index (χ0v) is 15.8. The average Bonchev–Trinajstić information content (AvgIpc) is 2.48. The third-order valence-electron chi connectivity index (χ3n) is 3.29. The van der Waals surface area contributed by atoms with Gasteiger partial charge in [0.2, 0.25) is 5.91 Å². The molecule has 6 nitrogen and oxygen atoms in total. The molecule has 7 heteroatoms. The van der Waals surface area contributed by atoms with Crippen LogP contribution in [-0.2, 0) is 26.2 Å². The van der Waals surface area contributed by atoms with E-state index < -0.39 is 15.4 Å². The summed E-state index contributed by atoms with van der Waals surface area (Å²) in [5.41, 5.74) is 0.898. The lowest BCUT2D eigenvalue weighted by atomic mass is 10.1. The molecule has 0 unspecified atom stereocenters. The molecule has 0 bridgehead atoms. The normalized spacial score (nSPS) is 11.8. The Morgan fingerprint density at radius 1 is 1.12 bits per heavy atom. The largest absolute Gasteiger partial charge is 0.382 e. The molecule has 0 aliphatic carbocycles. The molecule has 136 valence electrons. The van der Waals surface area contributed by atoms with Crippen molar-refractivity contribution in [2.45, 2.75) is 39.5 Å². The number of carbonyl (C=O) groups excluding carboxylic acids is 1. The Morgan fingerprint density at radius 2 is 1.71 bits per heavy atom. The van der Waals surface area contributed by atoms with Gasteiger partial charge < -0.3 is 13.8 Å². The number of ether oxygens (including phenoxy) is 1. The van der Waals surface area contributed by atoms with Crippen LogP contribution in [0.3, 0.4) is 0 Å². The van der Waals surface area contributed by atoms with Crippen LogP contribution in [0.2, 0.25) is 0 Å². The predicted molar refractivity (Wildman–Crippen MR) is 93.3 cm³/mol. The Kier molecular flexibility index (Phi) is 7.69. The fourth-order valence-electron chi connectivity index (χ4n) is 2.01. The van der Waals surface area contributed by atoms with Crippen LogP contribution < -0.4 is 4.18 Å². The lowest BCUT2D eigenvalue weighted by molar-refractivity contribution is -0.136. The van der Waals surface area contributed by atoms with E-state index in [1.54, 1.807) is 43.0 Å². The number of hydrogen-bond donors (Lipinski definition) is 0. The molecule has 1 aromatic carbocycles. The zero-order chi connectivity index (χ0) is 18.3. The Labute approximate surface area is 144 Å². The van der Waals surface area contributed by atoms with Crippen molar-refractivity contribution in [2.75, 3.05) is 20.3 Å². The van der Waals surface area contributed by atoms with Gasteiger partial charge in [-0.3, -0.25) is 4.79 Å². The first kappa shape index (κ1) is 20.4. The number of methoxy groups -OCH3 is 1. The van der Waals surface area contributed by atoms with Crippen LogP contribution >= 0.6 is 0 Å². The lowest BCUT2D eigenvalue weighted by Crippen LogP contribution is -2.36. The topological polar surface area (TPSA) is 72.9 Å². The van der Waals surface area contributed by atoms with Crippen molar-refractivity contribution in [3.63, 3.8) is 0 Å². The van der Waals surface area contributed by atoms with Crippen molar-refractivity contribution >= 4 is 16.0 Å². The molecule has 1 amide bonds. The molecular weight excluding hydrogens is 330 g/mol. The summed E-state index contributed by atoms with van der Waals surface area (Å²) < 4.78 is 33.5. The number of amides is 1. The van der Waals surface area contributed by atoms with Crippen LogP contribution in [0.1, 0.15) is 33.3 Å². The quantitative estimate of drug-likeness (QED) is 0.635. The van der Waals surface area contributed by atoms with Gasteiger partial charge in [-0.05, 0) is 37.5 Å². The number of carbonyl (C=O) groups is 1. The van der Waals surface area contributed by atoms with E-state index in [1.165, 1.54) is 7.11 Å². The molecule has 0 aliphatic heterocycles. The number of benzene rings is 1. The Hall–Kier alpha value is -1.60. The highest BCUT2D eigenvalue weighted by molar-refractivity contribution is 7.87. The van der Waals surface area contributed by atoms with E-state index in [2.05, 4.69) is 0 Å². The molecule has 0 N–H and O–H groups in total. The lowest BCUT2D eigenvalue weighted by Gasteiger charge is -2.24. The average molecular weight is 357 g/mol. The van der Waals surface area contributed by atoms with Crippen molar-refractivity contribution in [3.8, 4) is 5.75 Å². The zero-order valence-electron chi connectivity index (χ0n) is 15.0. The van der Waals surface area contributed by atoms with Gasteiger partial charge in [-0.15, -0.1) is 0 Å². The van der Waals surface area contributed by atoms with E-state index in [9.17, 15) is 13.2 Å². The van der Waals surface area contributed by atoms with Gasteiger partial charge >= 0.3 is 10.1 Å². The van der Waals surface area contributed by atoms with Gasteiger partial charge in [0.25, 0.3) is 0 Å². The van der Waals surface area contributed by atoms with Gasteiger partial charge in [0, 0.05) is 20.2 Å². The minimum absolute atomic E-state index is 0.0422. The van der Waals surface area contributed by atoms with E-state index in [1.807, 2.05) is 13.8 Å². The van der Waals surface area contributed by atoms with Crippen LogP contribution in [-0.4, -0.2) is 44.7 Å². The first-order valence-corrected chi connectivity index (χ1v) is 9.41. The summed E-state index contributed by atoms with van der Waals surface area (Å²) in [7, 11) is -2.11. The first-order valence-electron chi connectivity index (χ1n) is 7.94. The standard InChI is InChI=1S/C17H27NO5S/c1-13(2)10-18(17(19)12-22-5)11-15-6-8-16(9-7-15)23-24(20,21)14(3)4/h6-9,13-14H,10-12H2,1-5H3. The first-order chi connectivity index (χ1) is 11.2. The van der Waals surface area contributed by atoms with Crippen molar-refractivity contribution in [1.29, 1.82) is 0 Å². The molecule has 0 saturated carbocycles. The molecule has 0 heterocycles. The maximum atomic E-state index is 12.1. The molecule has 0 aliphatic rings. The van der Waals surface area contributed by atoms with Gasteiger partial charge in [0.05, 0.1) is 5.25 Å². The van der Waals surface area contributed by atoms with Crippen molar-refractivity contribution in [2.24, 2.45) is 5.92 Å². The molecule has 1 aromatic rings. The number of rotatable bonds is 9. The van der Waals surface area contributed by atoms with E-state index in [0.29, 0.717) is 19.0 Å². The Morgan fingerprint density at radius 3 is 2.17 bits per heavy atom. The highest BCUT2D eigenvalue weighted by atomic mass is 32.2. The highest BCUT2D eigenvalue weighted by Crippen LogP contribution is 2.18. The minimum atomic E-state index is -3.60. The molecule has 0 radical (unpaired) electrons. The summed E-state index contributed by atoms with van der Waals surface area (Å²) in [5.74, 6) is 0.532. The SMILES string of the molecule is COCC(=O)N(Cc1ccc(OS(=O)(=O)C(C)C)cc1)CC(C)C. The second-order valence-electron chi connectivity index (χ2n) is 6.37. The van der Waals surface area contributed by atoms with Crippen LogP contribution in [0.25, 0.3) is 0 Å². The second kappa shape index (κ2) is 9.03. The number of nitrogens with zero attached hydrogens (tertiary/aromatic N) is 1. The van der Waals surface area contributed by atoms with Crippen LogP contribution in [0.15, 0.2) is 24.3 Å². The summed E-state index contributed by atoms with van der Waals surface area (Å²) in [6.07, 6.45) is 0. The van der Waals surface area contributed by atoms with Gasteiger partial charge in [-0.25, -0.2) is 0 Å². The molecular formula is C17H27NO5S. The summed E-state index contributed by atoms with van der Waals surface area (Å²) in [5, 5.41) is -0.606. The predicted octanol–water partition coefficient (Wildman–Crippen LogP) is 2.43. The summed E-state index contributed by atoms with van der Waals surface area (Å²) in [6, 6.07) is 6.73. The van der Waals surface area contributed by atoms with E-state index in [0.717, 1.165) is 5.56 Å². The third-order valence-corrected chi connectivity index (χ3v) is 4.87. The third kappa shape index (κ3) is 6.49. The molecule has 0 aromatic heterocycles. The van der Waals surface area contributed by atoms with Crippen LogP contribution in [0, 0.1) is 5.92 Å². The van der Waals surface area contributed by atoms with Gasteiger partial charge in [-0.2, -0.15) is 8.42 Å². The summed E-state index contributed by atoms with van der Waals surface area (Å²) in [6.45, 7) is 8.33. The molecule has 24 heavy (non-hydrogen) atoms. The Balaban J connectivity index is 2.81. The summed E-state index contributed by atoms with van der Waals surface area (Å²) in [4.78, 5) is 13.8. The van der Waals surface area contributed by atoms with E-state index >= 15 is 0 Å². The fourth-order valence-corrected chi connectivity index (χ4v) is 2.58. The Bertz CT molecular complexity index is 623. The fraction of sp³-hybridized carbons (Fsp3) is 0.588. The molecule has 0 atom stereocenters. The van der Waals surface area contributed by atoms with Crippen LogP contribution in [0.5, 0.6) is 5.75 Å². The van der Waals surface area contributed by atoms with Crippen molar-refractivity contribution in [3.05, 3.63) is 29.8 Å². The van der Waals surface area contributed by atoms with Crippen molar-refractivity contribution < 1.29 is 22.1 Å². The van der Waals surface area contributed by atoms with Gasteiger partial charge in [0.1, 0.15) is 12.4 Å². The van der Waals surface area contributed by atoms with Gasteiger partial charge in [-0.1, -0.05) is 26.0 Å². The summed E-state index contributed by atoms with van der Waals surface area (Å²) >= 11 is 0. The second-order valence-corrected chi connectivity index (χ2v) is 8.47. The van der Waals surface area contributed by atoms with E-state index in [4.69, 9.17) is 8.92 Å². The smallest absolute Gasteiger partial charge is 0.311 e. The molecule has 0 fully saturated rings. The van der Waals surface area contributed by atoms with Crippen molar-refractivity contribution in [1.82, 2.24) is 4.90 Å². The highest BCUT2D eigenvalue weighted by Gasteiger charge is 2.18. The van der Waals surface area contributed by atoms with Crippen LogP contribution in [0.4, 0.5) is 0 Å². The maximum Gasteiger partial charge on any atom is 0.311 e. The van der Waals surface area contributed by atoms with E-state index in [-0.39, 0.29) is 18.3 Å². The monoisotopic (exact) mass is 357 g/mol. The number of hydrogen-bond acceptors (Lipinski definition) is 5. The van der Waals surface area contributed by atoms with Gasteiger partial charge in [0.15, 0.2) is 0 Å². The minimum Gasteiger partial charge on any atom is -0.382 e. The molecule has 1 rings (SSSR count). The molecule has 0 spiro atoms.